The Kier molecular flexibility index (Phi) is 4.05. The topological polar surface area (TPSA) is 84.6 Å². The van der Waals surface area contributed by atoms with Gasteiger partial charge in [0.1, 0.15) is 6.33 Å². The first-order chi connectivity index (χ1) is 11.7. The average molecular weight is 331 g/mol. The molecule has 2 saturated heterocycles. The standard InChI is InChI=1S/C16H21N5O3/c1-11-19-13-14(17-10-18-15(13)24-11)20-4-2-12(3-5-20)16(22)21-6-8-23-9-7-21/h10,12H,2-9H2,1H3. The Bertz CT molecular complexity index is 732. The smallest absolute Gasteiger partial charge is 0.252 e. The Morgan fingerprint density at radius 2 is 1.92 bits per heavy atom. The van der Waals surface area contributed by atoms with Crippen molar-refractivity contribution in [3.8, 4) is 0 Å². The molecule has 2 aliphatic heterocycles. The van der Waals surface area contributed by atoms with Crippen LogP contribution in [-0.4, -0.2) is 65.2 Å². The van der Waals surface area contributed by atoms with Gasteiger partial charge in [-0.3, -0.25) is 4.79 Å². The van der Waals surface area contributed by atoms with Gasteiger partial charge in [-0.15, -0.1) is 0 Å². The lowest BCUT2D eigenvalue weighted by molar-refractivity contribution is -0.140. The number of fused-ring (bicyclic) bond motifs is 1. The molecule has 1 amide bonds. The zero-order valence-corrected chi connectivity index (χ0v) is 13.8. The Balaban J connectivity index is 1.44. The van der Waals surface area contributed by atoms with Crippen LogP contribution in [0, 0.1) is 12.8 Å². The van der Waals surface area contributed by atoms with Crippen LogP contribution in [0.25, 0.3) is 11.2 Å². The van der Waals surface area contributed by atoms with Crippen LogP contribution in [-0.2, 0) is 9.53 Å². The molecule has 24 heavy (non-hydrogen) atoms. The van der Waals surface area contributed by atoms with Gasteiger partial charge in [0.2, 0.25) is 5.91 Å². The van der Waals surface area contributed by atoms with Crippen LogP contribution < -0.4 is 4.90 Å². The Morgan fingerprint density at radius 1 is 1.17 bits per heavy atom. The highest BCUT2D eigenvalue weighted by atomic mass is 16.5. The number of piperidine rings is 1. The maximum absolute atomic E-state index is 12.6. The van der Waals surface area contributed by atoms with E-state index in [1.165, 1.54) is 6.33 Å². The average Bonchev–Trinajstić information content (AvgIpc) is 3.02. The van der Waals surface area contributed by atoms with Crippen LogP contribution >= 0.6 is 0 Å². The van der Waals surface area contributed by atoms with Gasteiger partial charge < -0.3 is 19.0 Å². The molecule has 2 aliphatic rings. The largest absolute Gasteiger partial charge is 0.422 e. The highest BCUT2D eigenvalue weighted by Gasteiger charge is 2.30. The molecule has 0 saturated carbocycles. The first kappa shape index (κ1) is 15.3. The maximum atomic E-state index is 12.6. The van der Waals surface area contributed by atoms with Gasteiger partial charge in [-0.1, -0.05) is 0 Å². The molecule has 0 N–H and O–H groups in total. The number of aryl methyl sites for hydroxylation is 1. The Labute approximate surface area is 139 Å². The van der Waals surface area contributed by atoms with Gasteiger partial charge in [0, 0.05) is 39.0 Å². The summed E-state index contributed by atoms with van der Waals surface area (Å²) in [6.07, 6.45) is 3.17. The van der Waals surface area contributed by atoms with E-state index in [0.717, 1.165) is 31.7 Å². The molecule has 0 bridgehead atoms. The lowest BCUT2D eigenvalue weighted by Gasteiger charge is -2.35. The summed E-state index contributed by atoms with van der Waals surface area (Å²) in [4.78, 5) is 29.6. The number of rotatable bonds is 2. The molecule has 0 aromatic carbocycles. The number of anilines is 1. The molecule has 8 heteroatoms. The maximum Gasteiger partial charge on any atom is 0.252 e. The third kappa shape index (κ3) is 2.82. The SMILES string of the molecule is Cc1nc2c(N3CCC(C(=O)N4CCOCC4)CC3)ncnc2o1. The van der Waals surface area contributed by atoms with E-state index in [1.54, 1.807) is 6.92 Å². The quantitative estimate of drug-likeness (QED) is 0.811. The first-order valence-electron chi connectivity index (χ1n) is 8.42. The van der Waals surface area contributed by atoms with Crippen molar-refractivity contribution in [3.63, 3.8) is 0 Å². The molecule has 0 spiro atoms. The lowest BCUT2D eigenvalue weighted by atomic mass is 9.95. The predicted octanol–water partition coefficient (Wildman–Crippen LogP) is 1.00. The van der Waals surface area contributed by atoms with E-state index in [1.807, 2.05) is 4.90 Å². The van der Waals surface area contributed by atoms with E-state index in [-0.39, 0.29) is 11.8 Å². The second kappa shape index (κ2) is 6.35. The summed E-state index contributed by atoms with van der Waals surface area (Å²) in [5.74, 6) is 1.75. The van der Waals surface area contributed by atoms with E-state index in [4.69, 9.17) is 9.15 Å². The van der Waals surface area contributed by atoms with Gasteiger partial charge in [-0.05, 0) is 12.8 Å². The van der Waals surface area contributed by atoms with Crippen molar-refractivity contribution in [2.75, 3.05) is 44.3 Å². The molecule has 4 rings (SSSR count). The van der Waals surface area contributed by atoms with E-state index in [2.05, 4.69) is 19.9 Å². The van der Waals surface area contributed by atoms with E-state index < -0.39 is 0 Å². The molecule has 0 unspecified atom stereocenters. The van der Waals surface area contributed by atoms with Crippen molar-refractivity contribution in [2.24, 2.45) is 5.92 Å². The minimum Gasteiger partial charge on any atom is -0.422 e. The first-order valence-corrected chi connectivity index (χ1v) is 8.42. The predicted molar refractivity (Wildman–Crippen MR) is 86.7 cm³/mol. The minimum atomic E-state index is 0.0933. The summed E-state index contributed by atoms with van der Waals surface area (Å²) in [6, 6.07) is 0. The third-order valence-electron chi connectivity index (χ3n) is 4.75. The zero-order valence-electron chi connectivity index (χ0n) is 13.8. The number of hydrogen-bond donors (Lipinski definition) is 0. The van der Waals surface area contributed by atoms with Crippen LogP contribution in [0.1, 0.15) is 18.7 Å². The zero-order chi connectivity index (χ0) is 16.5. The van der Waals surface area contributed by atoms with Crippen molar-refractivity contribution in [1.82, 2.24) is 19.9 Å². The summed E-state index contributed by atoms with van der Waals surface area (Å²) >= 11 is 0. The van der Waals surface area contributed by atoms with Crippen LogP contribution in [0.4, 0.5) is 5.82 Å². The second-order valence-corrected chi connectivity index (χ2v) is 6.28. The molecule has 0 atom stereocenters. The van der Waals surface area contributed by atoms with Crippen molar-refractivity contribution in [3.05, 3.63) is 12.2 Å². The highest BCUT2D eigenvalue weighted by molar-refractivity contribution is 5.82. The minimum absolute atomic E-state index is 0.0933. The second-order valence-electron chi connectivity index (χ2n) is 6.28. The van der Waals surface area contributed by atoms with Gasteiger partial charge in [-0.2, -0.15) is 4.98 Å². The number of carbonyl (C=O) groups is 1. The third-order valence-corrected chi connectivity index (χ3v) is 4.75. The molecule has 128 valence electrons. The number of aromatic nitrogens is 3. The lowest BCUT2D eigenvalue weighted by Crippen LogP contribution is -2.47. The summed E-state index contributed by atoms with van der Waals surface area (Å²) in [5.41, 5.74) is 1.22. The fourth-order valence-electron chi connectivity index (χ4n) is 3.46. The number of nitrogens with zero attached hydrogens (tertiary/aromatic N) is 5. The van der Waals surface area contributed by atoms with Gasteiger partial charge in [0.15, 0.2) is 17.2 Å². The molecule has 8 nitrogen and oxygen atoms in total. The molecular weight excluding hydrogens is 310 g/mol. The molecule has 4 heterocycles. The summed E-state index contributed by atoms with van der Waals surface area (Å²) in [7, 11) is 0. The summed E-state index contributed by atoms with van der Waals surface area (Å²) in [5, 5.41) is 0. The van der Waals surface area contributed by atoms with Crippen molar-refractivity contribution < 1.29 is 13.9 Å². The number of ether oxygens (including phenoxy) is 1. The molecule has 2 fully saturated rings. The molecule has 2 aromatic heterocycles. The highest BCUT2D eigenvalue weighted by Crippen LogP contribution is 2.28. The molecule has 0 aliphatic carbocycles. The molecule has 0 radical (unpaired) electrons. The van der Waals surface area contributed by atoms with Crippen molar-refractivity contribution >= 4 is 23.0 Å². The Hall–Kier alpha value is -2.22. The monoisotopic (exact) mass is 331 g/mol. The van der Waals surface area contributed by atoms with Gasteiger partial charge in [0.25, 0.3) is 5.71 Å². The number of amides is 1. The Morgan fingerprint density at radius 3 is 2.67 bits per heavy atom. The fraction of sp³-hybridized carbons (Fsp3) is 0.625. The van der Waals surface area contributed by atoms with E-state index in [0.29, 0.717) is 43.4 Å². The normalized spacial score (nSPS) is 19.9. The molecule has 2 aromatic rings. The van der Waals surface area contributed by atoms with Gasteiger partial charge in [-0.25, -0.2) is 9.97 Å². The summed E-state index contributed by atoms with van der Waals surface area (Å²) in [6.45, 7) is 6.11. The van der Waals surface area contributed by atoms with Gasteiger partial charge in [0.05, 0.1) is 13.2 Å². The van der Waals surface area contributed by atoms with Gasteiger partial charge >= 0.3 is 0 Å². The van der Waals surface area contributed by atoms with Crippen LogP contribution in [0.3, 0.4) is 0 Å². The number of hydrogen-bond acceptors (Lipinski definition) is 7. The number of morpholine rings is 1. The number of oxazole rings is 1. The molecular formula is C16H21N5O3. The fourth-order valence-corrected chi connectivity index (χ4v) is 3.46. The van der Waals surface area contributed by atoms with Crippen molar-refractivity contribution in [1.29, 1.82) is 0 Å². The summed E-state index contributed by atoms with van der Waals surface area (Å²) < 4.78 is 10.8. The van der Waals surface area contributed by atoms with E-state index in [9.17, 15) is 4.79 Å². The number of carbonyl (C=O) groups excluding carboxylic acids is 1. The van der Waals surface area contributed by atoms with Crippen molar-refractivity contribution in [2.45, 2.75) is 19.8 Å². The van der Waals surface area contributed by atoms with Crippen LogP contribution in [0.2, 0.25) is 0 Å². The van der Waals surface area contributed by atoms with Crippen LogP contribution in [0.5, 0.6) is 0 Å². The van der Waals surface area contributed by atoms with Crippen LogP contribution in [0.15, 0.2) is 10.7 Å². The van der Waals surface area contributed by atoms with E-state index >= 15 is 0 Å².